The van der Waals surface area contributed by atoms with E-state index in [1.807, 2.05) is 0 Å². The van der Waals surface area contributed by atoms with Gasteiger partial charge in [0.15, 0.2) is 12.3 Å². The molecule has 17 nitrogen and oxygen atoms in total. The molecule has 2 fully saturated rings. The molecule has 0 spiro atoms. The Morgan fingerprint density at radius 3 is 2.10 bits per heavy atom. The van der Waals surface area contributed by atoms with E-state index >= 15 is 0 Å². The zero-order valence-corrected chi connectivity index (χ0v) is 23.4. The third-order valence-corrected chi connectivity index (χ3v) is 7.65. The van der Waals surface area contributed by atoms with Gasteiger partial charge in [-0.3, -0.25) is 13.4 Å². The van der Waals surface area contributed by atoms with E-state index in [2.05, 4.69) is 13.6 Å². The third-order valence-electron chi connectivity index (χ3n) is 6.85. The number of ether oxygens (including phenoxy) is 5. The molecule has 0 aromatic carbocycles. The molecule has 39 heavy (non-hydrogen) atoms. The zero-order valence-electron chi connectivity index (χ0n) is 21.8. The normalized spacial score (nSPS) is 39.6. The number of hydrogen-bond donors (Lipinski definition) is 4. The summed E-state index contributed by atoms with van der Waals surface area (Å²) >= 11 is 0.182. The lowest BCUT2D eigenvalue weighted by Crippen LogP contribution is -2.65. The molecule has 2 rings (SSSR count). The van der Waals surface area contributed by atoms with Crippen molar-refractivity contribution in [2.75, 3.05) is 53.9 Å². The summed E-state index contributed by atoms with van der Waals surface area (Å²) in [7, 11) is -2.40. The molecule has 10 atom stereocenters. The van der Waals surface area contributed by atoms with Gasteiger partial charge in [-0.15, -0.1) is 4.33 Å². The second-order valence-electron chi connectivity index (χ2n) is 9.68. The van der Waals surface area contributed by atoms with Crippen LogP contribution in [0.3, 0.4) is 0 Å². The molecular weight excluding hydrogens is 576 g/mol. The predicted octanol–water partition coefficient (Wildman–Crippen LogP) is -3.43. The summed E-state index contributed by atoms with van der Waals surface area (Å²) in [5, 5.41) is 55.7. The van der Waals surface area contributed by atoms with E-state index in [0.29, 0.717) is 0 Å². The Bertz CT molecular complexity index is 835. The van der Waals surface area contributed by atoms with Crippen LogP contribution in [0, 0.1) is 11.8 Å². The van der Waals surface area contributed by atoms with Gasteiger partial charge in [0.2, 0.25) is 10.4 Å². The van der Waals surface area contributed by atoms with Crippen LogP contribution in [0.25, 0.3) is 0 Å². The van der Waals surface area contributed by atoms with E-state index < -0.39 is 83.3 Å². The summed E-state index contributed by atoms with van der Waals surface area (Å²) in [6, 6.07) is 0. The monoisotopic (exact) mass is 612 g/mol. The molecule has 232 valence electrons. The van der Waals surface area contributed by atoms with Crippen LogP contribution in [-0.2, 0) is 51.8 Å². The highest BCUT2D eigenvalue weighted by Gasteiger charge is 2.54. The van der Waals surface area contributed by atoms with Crippen molar-refractivity contribution < 1.29 is 80.1 Å². The van der Waals surface area contributed by atoms with Crippen molar-refractivity contribution in [3.63, 3.8) is 0 Å². The van der Waals surface area contributed by atoms with Crippen molar-refractivity contribution >= 4 is 22.7 Å². The van der Waals surface area contributed by atoms with Gasteiger partial charge < -0.3 is 53.9 Å². The average molecular weight is 613 g/mol. The molecule has 2 heterocycles. The lowest BCUT2D eigenvalue weighted by molar-refractivity contribution is -0.777. The lowest BCUT2D eigenvalue weighted by Gasteiger charge is -2.50. The molecule has 2 aliphatic heterocycles. The Morgan fingerprint density at radius 1 is 0.923 bits per heavy atom. The van der Waals surface area contributed by atoms with Gasteiger partial charge in [0.25, 0.3) is 0 Å². The Labute approximate surface area is 230 Å². The second kappa shape index (κ2) is 15.3. The molecule has 0 radical (unpaired) electrons. The molecule has 0 aliphatic carbocycles. The van der Waals surface area contributed by atoms with E-state index in [1.54, 1.807) is 0 Å². The number of methoxy groups -OCH3 is 2. The van der Waals surface area contributed by atoms with Crippen molar-refractivity contribution in [3.05, 3.63) is 0 Å². The SMILES string of the molecule is COC[C@H]1OC(C)(COS(=O)(=O)[O-])[C@H](COC[C@@H]2OC(C)(CO)[C@@H](OSOO[O-])[C@@H](COC)C2O)[C@@H](O)C1O. The van der Waals surface area contributed by atoms with Gasteiger partial charge in [-0.1, -0.05) is 0 Å². The molecule has 0 aromatic rings. The number of hydrogen-bond acceptors (Lipinski definition) is 18. The minimum atomic E-state index is -5.11. The number of aliphatic hydroxyl groups is 4. The standard InChI is InChI=1S/C20H38O17S2/c1-19(9-21)18(35-38-37-36-25)11(5-29-3)15(22)14(33-19)8-31-6-12-16(23)17(24)13(7-30-4)34-20(12,2)10-32-39(26,27)28/h11-18,21-25H,5-10H2,1-4H3,(H,26,27,28)/p-2/t11-,12+,13+,14-,15?,16+,17?,18-,19?,20?/m0/s1. The van der Waals surface area contributed by atoms with Crippen LogP contribution in [0.4, 0.5) is 0 Å². The fourth-order valence-electron chi connectivity index (χ4n) is 4.81. The smallest absolute Gasteiger partial charge is 0.217 e. The van der Waals surface area contributed by atoms with E-state index in [1.165, 1.54) is 28.1 Å². The molecule has 2 aliphatic rings. The van der Waals surface area contributed by atoms with Crippen molar-refractivity contribution in [2.24, 2.45) is 11.8 Å². The maximum absolute atomic E-state index is 11.1. The highest BCUT2D eigenvalue weighted by Crippen LogP contribution is 2.39. The molecular formula is C20H36O17S2-2. The Morgan fingerprint density at radius 2 is 1.54 bits per heavy atom. The Balaban J connectivity index is 2.18. The van der Waals surface area contributed by atoms with E-state index in [0.717, 1.165) is 0 Å². The van der Waals surface area contributed by atoms with Crippen LogP contribution < -0.4 is 5.26 Å². The van der Waals surface area contributed by atoms with Gasteiger partial charge in [0.05, 0.1) is 57.5 Å². The van der Waals surface area contributed by atoms with E-state index in [4.69, 9.17) is 27.9 Å². The van der Waals surface area contributed by atoms with Gasteiger partial charge in [-0.2, -0.15) is 0 Å². The lowest BCUT2D eigenvalue weighted by atomic mass is 9.79. The summed E-state index contributed by atoms with van der Waals surface area (Å²) in [5.41, 5.74) is -3.05. The zero-order chi connectivity index (χ0) is 29.4. The Hall–Kier alpha value is -0.300. The predicted molar refractivity (Wildman–Crippen MR) is 123 cm³/mol. The molecule has 4 unspecified atom stereocenters. The molecule has 2 saturated heterocycles. The van der Waals surface area contributed by atoms with Crippen LogP contribution >= 0.6 is 12.3 Å². The molecule has 4 N–H and O–H groups in total. The van der Waals surface area contributed by atoms with Crippen LogP contribution in [0.5, 0.6) is 0 Å². The molecule has 0 amide bonds. The topological polar surface area (TPSA) is 244 Å². The van der Waals surface area contributed by atoms with Gasteiger partial charge in [0.1, 0.15) is 30.0 Å². The average Bonchev–Trinajstić information content (AvgIpc) is 2.87. The third kappa shape index (κ3) is 9.09. The summed E-state index contributed by atoms with van der Waals surface area (Å²) in [6.07, 6.45) is -7.43. The first-order valence-corrected chi connectivity index (χ1v) is 13.7. The molecule has 0 saturated carbocycles. The summed E-state index contributed by atoms with van der Waals surface area (Å²) < 4.78 is 74.7. The number of rotatable bonds is 16. The highest BCUT2D eigenvalue weighted by molar-refractivity contribution is 7.89. The first kappa shape index (κ1) is 34.9. The van der Waals surface area contributed by atoms with Gasteiger partial charge >= 0.3 is 0 Å². The van der Waals surface area contributed by atoms with Crippen LogP contribution in [0.1, 0.15) is 13.8 Å². The molecule has 0 bridgehead atoms. The quantitative estimate of drug-likeness (QED) is 0.0331. The van der Waals surface area contributed by atoms with E-state index in [-0.39, 0.29) is 38.8 Å². The largest absolute Gasteiger partial charge is 0.726 e. The fraction of sp³-hybridized carbons (Fsp3) is 1.00. The van der Waals surface area contributed by atoms with Gasteiger partial charge in [-0.25, -0.2) is 8.42 Å². The van der Waals surface area contributed by atoms with Crippen molar-refractivity contribution in [3.8, 4) is 0 Å². The minimum Gasteiger partial charge on any atom is -0.726 e. The summed E-state index contributed by atoms with van der Waals surface area (Å²) in [4.78, 5) is 0. The highest BCUT2D eigenvalue weighted by atomic mass is 32.3. The number of aliphatic hydroxyl groups excluding tert-OH is 4. The van der Waals surface area contributed by atoms with Gasteiger partial charge in [-0.05, 0) is 13.8 Å². The second-order valence-corrected chi connectivity index (χ2v) is 11.2. The van der Waals surface area contributed by atoms with Gasteiger partial charge in [0, 0.05) is 26.1 Å². The maximum atomic E-state index is 11.1. The van der Waals surface area contributed by atoms with Crippen molar-refractivity contribution in [1.29, 1.82) is 0 Å². The summed E-state index contributed by atoms with van der Waals surface area (Å²) in [6.45, 7) is 0.614. The summed E-state index contributed by atoms with van der Waals surface area (Å²) in [5.74, 6) is -1.92. The fourth-order valence-corrected chi connectivity index (χ4v) is 5.67. The van der Waals surface area contributed by atoms with Crippen LogP contribution in [0.2, 0.25) is 0 Å². The van der Waals surface area contributed by atoms with Crippen LogP contribution in [-0.4, -0.2) is 135 Å². The van der Waals surface area contributed by atoms with Crippen LogP contribution in [0.15, 0.2) is 0 Å². The van der Waals surface area contributed by atoms with Crippen molar-refractivity contribution in [1.82, 2.24) is 0 Å². The Kier molecular flexibility index (Phi) is 13.6. The van der Waals surface area contributed by atoms with Crippen molar-refractivity contribution in [2.45, 2.75) is 61.7 Å². The molecule has 0 aromatic heterocycles. The molecule has 19 heteroatoms. The first-order chi connectivity index (χ1) is 18.3. The van der Waals surface area contributed by atoms with E-state index in [9.17, 15) is 38.7 Å². The maximum Gasteiger partial charge on any atom is 0.217 e. The minimum absolute atomic E-state index is 0.0542. The first-order valence-electron chi connectivity index (χ1n) is 11.7.